The molecule has 3 rings (SSSR count). The van der Waals surface area contributed by atoms with E-state index >= 15 is 0 Å². The number of aromatic amines is 1. The van der Waals surface area contributed by atoms with Crippen LogP contribution in [0.5, 0.6) is 0 Å². The van der Waals surface area contributed by atoms with Crippen LogP contribution in [0.1, 0.15) is 41.4 Å². The normalized spacial score (nSPS) is 12.1. The van der Waals surface area contributed by atoms with E-state index in [1.54, 1.807) is 18.2 Å². The van der Waals surface area contributed by atoms with Crippen molar-refractivity contribution < 1.29 is 4.79 Å². The molecule has 1 unspecified atom stereocenters. The molecule has 0 aliphatic rings. The Hall–Kier alpha value is -2.73. The first-order valence-electron chi connectivity index (χ1n) is 8.55. The molecule has 0 spiro atoms. The third-order valence-corrected chi connectivity index (χ3v) is 4.89. The number of carbonyl (C=O) groups excluding carboxylic acids is 1. The average Bonchev–Trinajstić information content (AvgIpc) is 2.61. The molecular weight excluding hydrogens is 346 g/mol. The van der Waals surface area contributed by atoms with Gasteiger partial charge in [-0.15, -0.1) is 0 Å². The highest BCUT2D eigenvalue weighted by Gasteiger charge is 2.14. The summed E-state index contributed by atoms with van der Waals surface area (Å²) in [6, 6.07) is 12.8. The Kier molecular flexibility index (Phi) is 5.04. The summed E-state index contributed by atoms with van der Waals surface area (Å²) < 4.78 is 1.85. The molecular formula is C20H21N3O2S. The van der Waals surface area contributed by atoms with Crippen LogP contribution in [0.15, 0.2) is 47.3 Å². The van der Waals surface area contributed by atoms with Gasteiger partial charge in [-0.1, -0.05) is 24.3 Å². The summed E-state index contributed by atoms with van der Waals surface area (Å²) in [6.07, 6.45) is 0. The quantitative estimate of drug-likeness (QED) is 0.688. The topological polar surface area (TPSA) is 66.9 Å². The number of rotatable bonds is 4. The molecule has 2 N–H and O–H groups in total. The largest absolute Gasteiger partial charge is 0.346 e. The molecule has 134 valence electrons. The van der Waals surface area contributed by atoms with Crippen LogP contribution in [0.4, 0.5) is 0 Å². The molecule has 0 aliphatic carbocycles. The maximum atomic E-state index is 12.6. The van der Waals surface area contributed by atoms with Crippen LogP contribution in [0, 0.1) is 11.7 Å². The fourth-order valence-electron chi connectivity index (χ4n) is 3.11. The van der Waals surface area contributed by atoms with Crippen LogP contribution in [0.25, 0.3) is 10.9 Å². The van der Waals surface area contributed by atoms with E-state index in [1.807, 2.05) is 45.0 Å². The zero-order valence-corrected chi connectivity index (χ0v) is 15.8. The van der Waals surface area contributed by atoms with Gasteiger partial charge in [0.2, 0.25) is 0 Å². The van der Waals surface area contributed by atoms with Crippen molar-refractivity contribution in [2.24, 2.45) is 0 Å². The summed E-state index contributed by atoms with van der Waals surface area (Å²) in [4.78, 5) is 28.1. The summed E-state index contributed by atoms with van der Waals surface area (Å²) in [7, 11) is 0. The minimum absolute atomic E-state index is 0.119. The number of H-pyrrole nitrogens is 1. The van der Waals surface area contributed by atoms with E-state index < -0.39 is 0 Å². The molecule has 5 nitrogen and oxygen atoms in total. The lowest BCUT2D eigenvalue weighted by molar-refractivity contribution is 0.0940. The highest BCUT2D eigenvalue weighted by molar-refractivity contribution is 7.71. The molecule has 1 atom stereocenters. The van der Waals surface area contributed by atoms with Crippen LogP contribution < -0.4 is 10.9 Å². The zero-order chi connectivity index (χ0) is 18.8. The van der Waals surface area contributed by atoms with Gasteiger partial charge >= 0.3 is 0 Å². The van der Waals surface area contributed by atoms with Crippen molar-refractivity contribution in [2.45, 2.75) is 33.4 Å². The van der Waals surface area contributed by atoms with Crippen molar-refractivity contribution in [1.82, 2.24) is 14.9 Å². The number of aromatic nitrogens is 2. The lowest BCUT2D eigenvalue weighted by atomic mass is 10.0. The van der Waals surface area contributed by atoms with Crippen molar-refractivity contribution >= 4 is 29.0 Å². The molecule has 0 aliphatic heterocycles. The SMILES string of the molecule is CCn1c(=S)[nH]c2cc(C(=O)NC(C)c3ccccc3C)ccc2c1=O. The first-order valence-corrected chi connectivity index (χ1v) is 8.96. The van der Waals surface area contributed by atoms with E-state index in [1.165, 1.54) is 4.57 Å². The fourth-order valence-corrected chi connectivity index (χ4v) is 3.44. The number of nitrogens with one attached hydrogen (secondary N) is 2. The highest BCUT2D eigenvalue weighted by Crippen LogP contribution is 2.18. The smallest absolute Gasteiger partial charge is 0.262 e. The second-order valence-electron chi connectivity index (χ2n) is 6.29. The van der Waals surface area contributed by atoms with Crippen LogP contribution in [0.3, 0.4) is 0 Å². The van der Waals surface area contributed by atoms with Crippen molar-refractivity contribution in [2.75, 3.05) is 0 Å². The van der Waals surface area contributed by atoms with Gasteiger partial charge in [0.25, 0.3) is 11.5 Å². The number of nitrogens with zero attached hydrogens (tertiary/aromatic N) is 1. The van der Waals surface area contributed by atoms with Crippen LogP contribution in [-0.2, 0) is 6.54 Å². The molecule has 0 fully saturated rings. The Morgan fingerprint density at radius 2 is 2.00 bits per heavy atom. The number of benzene rings is 2. The van der Waals surface area contributed by atoms with Gasteiger partial charge in [-0.2, -0.15) is 0 Å². The maximum absolute atomic E-state index is 12.6. The van der Waals surface area contributed by atoms with Gasteiger partial charge in [-0.05, 0) is 62.3 Å². The summed E-state index contributed by atoms with van der Waals surface area (Å²) in [5.74, 6) is -0.193. The molecule has 6 heteroatoms. The van der Waals surface area contributed by atoms with Crippen molar-refractivity contribution in [1.29, 1.82) is 0 Å². The molecule has 3 aromatic rings. The average molecular weight is 367 g/mol. The number of carbonyl (C=O) groups is 1. The summed E-state index contributed by atoms with van der Waals surface area (Å²) >= 11 is 5.23. The molecule has 1 aromatic heterocycles. The second kappa shape index (κ2) is 7.25. The summed E-state index contributed by atoms with van der Waals surface area (Å²) in [5.41, 5.74) is 3.11. The Labute approximate surface area is 156 Å². The Bertz CT molecular complexity index is 1100. The third-order valence-electron chi connectivity index (χ3n) is 4.56. The molecule has 1 amide bonds. The van der Waals surface area contributed by atoms with Crippen molar-refractivity contribution in [3.63, 3.8) is 0 Å². The van der Waals surface area contributed by atoms with E-state index in [0.29, 0.717) is 27.8 Å². The van der Waals surface area contributed by atoms with Gasteiger partial charge < -0.3 is 10.3 Å². The molecule has 1 heterocycles. The van der Waals surface area contributed by atoms with Gasteiger partial charge in [0.05, 0.1) is 16.9 Å². The van der Waals surface area contributed by atoms with Crippen LogP contribution >= 0.6 is 12.2 Å². The maximum Gasteiger partial charge on any atom is 0.262 e. The van der Waals surface area contributed by atoms with E-state index in [0.717, 1.165) is 11.1 Å². The summed E-state index contributed by atoms with van der Waals surface area (Å²) in [6.45, 7) is 6.34. The predicted molar refractivity (Wildman–Crippen MR) is 106 cm³/mol. The van der Waals surface area contributed by atoms with Crippen LogP contribution in [-0.4, -0.2) is 15.5 Å². The number of aryl methyl sites for hydroxylation is 1. The molecule has 0 bridgehead atoms. The number of amides is 1. The van der Waals surface area contributed by atoms with Gasteiger partial charge in [0.15, 0.2) is 4.77 Å². The Morgan fingerprint density at radius 3 is 2.69 bits per heavy atom. The van der Waals surface area contributed by atoms with E-state index in [4.69, 9.17) is 12.2 Å². The molecule has 0 saturated carbocycles. The van der Waals surface area contributed by atoms with E-state index in [9.17, 15) is 9.59 Å². The summed E-state index contributed by atoms with van der Waals surface area (Å²) in [5, 5.41) is 3.53. The van der Waals surface area contributed by atoms with Crippen molar-refractivity contribution in [3.8, 4) is 0 Å². The number of hydrogen-bond donors (Lipinski definition) is 2. The second-order valence-corrected chi connectivity index (χ2v) is 6.68. The third kappa shape index (κ3) is 3.32. The van der Waals surface area contributed by atoms with Crippen LogP contribution in [0.2, 0.25) is 0 Å². The highest BCUT2D eigenvalue weighted by atomic mass is 32.1. The monoisotopic (exact) mass is 367 g/mol. The zero-order valence-electron chi connectivity index (χ0n) is 15.0. The Morgan fingerprint density at radius 1 is 1.27 bits per heavy atom. The molecule has 0 saturated heterocycles. The first kappa shape index (κ1) is 18.1. The molecule has 26 heavy (non-hydrogen) atoms. The first-order chi connectivity index (χ1) is 12.4. The van der Waals surface area contributed by atoms with Crippen molar-refractivity contribution in [3.05, 3.63) is 74.3 Å². The van der Waals surface area contributed by atoms with E-state index in [2.05, 4.69) is 10.3 Å². The lowest BCUT2D eigenvalue weighted by Gasteiger charge is -2.17. The number of fused-ring (bicyclic) bond motifs is 1. The van der Waals surface area contributed by atoms with Gasteiger partial charge in [0, 0.05) is 12.1 Å². The van der Waals surface area contributed by atoms with Gasteiger partial charge in [-0.25, -0.2) is 0 Å². The lowest BCUT2D eigenvalue weighted by Crippen LogP contribution is -2.27. The minimum atomic E-state index is -0.193. The molecule has 2 aromatic carbocycles. The molecule has 0 radical (unpaired) electrons. The minimum Gasteiger partial charge on any atom is -0.346 e. The van der Waals surface area contributed by atoms with E-state index in [-0.39, 0.29) is 17.5 Å². The Balaban J connectivity index is 1.93. The fraction of sp³-hybridized carbons (Fsp3) is 0.250. The predicted octanol–water partition coefficient (Wildman–Crippen LogP) is 3.88. The van der Waals surface area contributed by atoms with Gasteiger partial charge in [-0.3, -0.25) is 14.2 Å². The van der Waals surface area contributed by atoms with Gasteiger partial charge in [0.1, 0.15) is 0 Å². The number of hydrogen-bond acceptors (Lipinski definition) is 3. The standard InChI is InChI=1S/C20H21N3O2S/c1-4-23-19(25)16-10-9-14(11-17(16)22-20(23)26)18(24)21-13(3)15-8-6-5-7-12(15)2/h5-11,13H,4H2,1-3H3,(H,21,24)(H,22,26).